The second kappa shape index (κ2) is 6.18. The molecule has 1 heterocycles. The Labute approximate surface area is 123 Å². The quantitative estimate of drug-likeness (QED) is 0.905. The molecule has 0 aliphatic heterocycles. The molecule has 0 bridgehead atoms. The smallest absolute Gasteiger partial charge is 0.308 e. The first-order valence-corrected chi connectivity index (χ1v) is 7.61. The lowest BCUT2D eigenvalue weighted by molar-refractivity contribution is -0.136. The second-order valence-electron chi connectivity index (χ2n) is 5.02. The SMILES string of the molecule is CCCc1nc(-c2ccc(C)cc2C)c(CC(=O)O)s1. The molecule has 0 amide bonds. The molecule has 20 heavy (non-hydrogen) atoms. The van der Waals surface area contributed by atoms with E-state index in [-0.39, 0.29) is 6.42 Å². The molecular formula is C16H19NO2S. The monoisotopic (exact) mass is 289 g/mol. The fourth-order valence-corrected chi connectivity index (χ4v) is 3.44. The molecule has 0 spiro atoms. The molecule has 0 saturated heterocycles. The molecule has 2 aromatic rings. The van der Waals surface area contributed by atoms with Gasteiger partial charge in [0.1, 0.15) is 0 Å². The van der Waals surface area contributed by atoms with Crippen molar-refractivity contribution in [2.45, 2.75) is 40.0 Å². The Balaban J connectivity index is 2.49. The van der Waals surface area contributed by atoms with E-state index in [0.717, 1.165) is 39.5 Å². The van der Waals surface area contributed by atoms with Crippen LogP contribution in [0.3, 0.4) is 0 Å². The van der Waals surface area contributed by atoms with E-state index >= 15 is 0 Å². The average molecular weight is 289 g/mol. The van der Waals surface area contributed by atoms with E-state index in [0.29, 0.717) is 0 Å². The van der Waals surface area contributed by atoms with Gasteiger partial charge in [0.2, 0.25) is 0 Å². The molecule has 0 saturated carbocycles. The van der Waals surface area contributed by atoms with E-state index in [1.165, 1.54) is 16.9 Å². The lowest BCUT2D eigenvalue weighted by Gasteiger charge is -2.06. The summed E-state index contributed by atoms with van der Waals surface area (Å²) in [6.45, 7) is 6.21. The predicted octanol–water partition coefficient (Wildman–Crippen LogP) is 4.01. The Bertz CT molecular complexity index is 631. The van der Waals surface area contributed by atoms with Gasteiger partial charge in [-0.1, -0.05) is 30.7 Å². The van der Waals surface area contributed by atoms with Crippen LogP contribution in [0.15, 0.2) is 18.2 Å². The summed E-state index contributed by atoms with van der Waals surface area (Å²) in [7, 11) is 0. The standard InChI is InChI=1S/C16H19NO2S/c1-4-5-14-17-16(13(20-14)9-15(18)19)12-7-6-10(2)8-11(12)3/h6-8H,4-5,9H2,1-3H3,(H,18,19). The molecule has 2 rings (SSSR count). The zero-order chi connectivity index (χ0) is 14.7. The molecule has 4 heteroatoms. The Morgan fingerprint density at radius 1 is 1.35 bits per heavy atom. The number of carboxylic acids is 1. The molecule has 0 aliphatic rings. The third-order valence-corrected chi connectivity index (χ3v) is 4.27. The van der Waals surface area contributed by atoms with Crippen molar-refractivity contribution in [1.82, 2.24) is 4.98 Å². The number of aryl methyl sites for hydroxylation is 3. The zero-order valence-corrected chi connectivity index (χ0v) is 12.9. The molecule has 1 aromatic heterocycles. The summed E-state index contributed by atoms with van der Waals surface area (Å²) < 4.78 is 0. The van der Waals surface area contributed by atoms with Gasteiger partial charge in [-0.3, -0.25) is 4.79 Å². The van der Waals surface area contributed by atoms with Crippen LogP contribution in [-0.4, -0.2) is 16.1 Å². The second-order valence-corrected chi connectivity index (χ2v) is 6.19. The zero-order valence-electron chi connectivity index (χ0n) is 12.1. The Hall–Kier alpha value is -1.68. The highest BCUT2D eigenvalue weighted by molar-refractivity contribution is 7.12. The molecule has 106 valence electrons. The van der Waals surface area contributed by atoms with Gasteiger partial charge < -0.3 is 5.11 Å². The summed E-state index contributed by atoms with van der Waals surface area (Å²) in [6, 6.07) is 6.20. The van der Waals surface area contributed by atoms with Gasteiger partial charge in [0.15, 0.2) is 0 Å². The largest absolute Gasteiger partial charge is 0.481 e. The fourth-order valence-electron chi connectivity index (χ4n) is 2.27. The maximum Gasteiger partial charge on any atom is 0.308 e. The summed E-state index contributed by atoms with van der Waals surface area (Å²) in [5.74, 6) is -0.803. The highest BCUT2D eigenvalue weighted by Gasteiger charge is 2.16. The molecule has 0 atom stereocenters. The third-order valence-electron chi connectivity index (χ3n) is 3.15. The lowest BCUT2D eigenvalue weighted by atomic mass is 10.0. The van der Waals surface area contributed by atoms with Crippen LogP contribution in [0.1, 0.15) is 34.4 Å². The first-order valence-electron chi connectivity index (χ1n) is 6.79. The number of hydrogen-bond donors (Lipinski definition) is 1. The van der Waals surface area contributed by atoms with Gasteiger partial charge in [0, 0.05) is 10.4 Å². The number of thiazole rings is 1. The number of aliphatic carboxylic acids is 1. The highest BCUT2D eigenvalue weighted by Crippen LogP contribution is 2.32. The summed E-state index contributed by atoms with van der Waals surface area (Å²) in [5.41, 5.74) is 4.24. The van der Waals surface area contributed by atoms with Crippen LogP contribution in [0, 0.1) is 13.8 Å². The van der Waals surface area contributed by atoms with Gasteiger partial charge >= 0.3 is 5.97 Å². The number of carbonyl (C=O) groups is 1. The van der Waals surface area contributed by atoms with Crippen LogP contribution in [0.25, 0.3) is 11.3 Å². The van der Waals surface area contributed by atoms with Crippen molar-refractivity contribution in [3.05, 3.63) is 39.2 Å². The summed E-state index contributed by atoms with van der Waals surface area (Å²) in [6.07, 6.45) is 1.97. The van der Waals surface area contributed by atoms with Crippen LogP contribution in [0.2, 0.25) is 0 Å². The Morgan fingerprint density at radius 3 is 2.70 bits per heavy atom. The predicted molar refractivity (Wildman–Crippen MR) is 82.4 cm³/mol. The van der Waals surface area contributed by atoms with Crippen molar-refractivity contribution in [3.63, 3.8) is 0 Å². The molecule has 1 N–H and O–H groups in total. The molecule has 1 aromatic carbocycles. The molecule has 0 radical (unpaired) electrons. The van der Waals surface area contributed by atoms with E-state index in [9.17, 15) is 4.79 Å². The number of rotatable bonds is 5. The maximum atomic E-state index is 11.0. The van der Waals surface area contributed by atoms with Gasteiger partial charge in [0.25, 0.3) is 0 Å². The van der Waals surface area contributed by atoms with Gasteiger partial charge in [-0.2, -0.15) is 0 Å². The van der Waals surface area contributed by atoms with E-state index in [1.54, 1.807) is 0 Å². The van der Waals surface area contributed by atoms with Crippen molar-refractivity contribution in [2.24, 2.45) is 0 Å². The summed E-state index contributed by atoms with van der Waals surface area (Å²) >= 11 is 1.53. The number of aromatic nitrogens is 1. The van der Waals surface area contributed by atoms with Gasteiger partial charge in [-0.15, -0.1) is 11.3 Å². The van der Waals surface area contributed by atoms with Gasteiger partial charge in [-0.25, -0.2) is 4.98 Å². The van der Waals surface area contributed by atoms with E-state index in [2.05, 4.69) is 24.9 Å². The number of benzene rings is 1. The van der Waals surface area contributed by atoms with E-state index in [1.807, 2.05) is 19.1 Å². The van der Waals surface area contributed by atoms with Crippen LogP contribution >= 0.6 is 11.3 Å². The minimum atomic E-state index is -0.803. The lowest BCUT2D eigenvalue weighted by Crippen LogP contribution is -2.00. The first-order chi connectivity index (χ1) is 9.51. The normalized spacial score (nSPS) is 10.8. The van der Waals surface area contributed by atoms with Gasteiger partial charge in [-0.05, 0) is 32.3 Å². The van der Waals surface area contributed by atoms with Crippen molar-refractivity contribution in [2.75, 3.05) is 0 Å². The molecule has 3 nitrogen and oxygen atoms in total. The summed E-state index contributed by atoms with van der Waals surface area (Å²) in [4.78, 5) is 16.6. The summed E-state index contributed by atoms with van der Waals surface area (Å²) in [5, 5.41) is 10.1. The average Bonchev–Trinajstić information content (AvgIpc) is 2.71. The third kappa shape index (κ3) is 3.25. The molecule has 0 aliphatic carbocycles. The minimum Gasteiger partial charge on any atom is -0.481 e. The first kappa shape index (κ1) is 14.7. The van der Waals surface area contributed by atoms with Crippen molar-refractivity contribution in [1.29, 1.82) is 0 Å². The van der Waals surface area contributed by atoms with Crippen LogP contribution in [0.5, 0.6) is 0 Å². The molecule has 0 fully saturated rings. The number of nitrogens with zero attached hydrogens (tertiary/aromatic N) is 1. The van der Waals surface area contributed by atoms with Crippen LogP contribution in [-0.2, 0) is 17.6 Å². The van der Waals surface area contributed by atoms with Crippen molar-refractivity contribution >= 4 is 17.3 Å². The highest BCUT2D eigenvalue weighted by atomic mass is 32.1. The molecular weight excluding hydrogens is 270 g/mol. The number of hydrogen-bond acceptors (Lipinski definition) is 3. The molecule has 0 unspecified atom stereocenters. The maximum absolute atomic E-state index is 11.0. The van der Waals surface area contributed by atoms with Crippen LogP contribution < -0.4 is 0 Å². The van der Waals surface area contributed by atoms with Crippen LogP contribution in [0.4, 0.5) is 0 Å². The minimum absolute atomic E-state index is 0.0457. The van der Waals surface area contributed by atoms with E-state index in [4.69, 9.17) is 5.11 Å². The number of carboxylic acid groups (broad SMARTS) is 1. The van der Waals surface area contributed by atoms with Crippen molar-refractivity contribution < 1.29 is 9.90 Å². The topological polar surface area (TPSA) is 50.2 Å². The Kier molecular flexibility index (Phi) is 4.55. The van der Waals surface area contributed by atoms with E-state index < -0.39 is 5.97 Å². The fraction of sp³-hybridized carbons (Fsp3) is 0.375. The Morgan fingerprint density at radius 2 is 2.10 bits per heavy atom. The van der Waals surface area contributed by atoms with Gasteiger partial charge in [0.05, 0.1) is 17.1 Å². The van der Waals surface area contributed by atoms with Crippen molar-refractivity contribution in [3.8, 4) is 11.3 Å².